The minimum atomic E-state index is -0.291. The topological polar surface area (TPSA) is 72.9 Å². The molecule has 0 aliphatic carbocycles. The van der Waals surface area contributed by atoms with Crippen LogP contribution >= 0.6 is 0 Å². The van der Waals surface area contributed by atoms with Crippen molar-refractivity contribution in [3.05, 3.63) is 17.5 Å². The van der Waals surface area contributed by atoms with Crippen molar-refractivity contribution in [3.63, 3.8) is 0 Å². The molecule has 0 bridgehead atoms. The number of primary amides is 1. The lowest BCUT2D eigenvalue weighted by atomic mass is 10.00. The van der Waals surface area contributed by atoms with Crippen LogP contribution in [0.2, 0.25) is 0 Å². The SMILES string of the molecule is Cc1nn(C)cc1CNC(C)(C)CC(N)=O. The maximum atomic E-state index is 10.9. The molecule has 0 radical (unpaired) electrons. The number of nitrogens with zero attached hydrogens (tertiary/aromatic N) is 2. The van der Waals surface area contributed by atoms with E-state index in [1.54, 1.807) is 4.68 Å². The summed E-state index contributed by atoms with van der Waals surface area (Å²) in [5.74, 6) is -0.291. The van der Waals surface area contributed by atoms with Crippen molar-refractivity contribution in [2.24, 2.45) is 12.8 Å². The fourth-order valence-corrected chi connectivity index (χ4v) is 1.65. The summed E-state index contributed by atoms with van der Waals surface area (Å²) in [5.41, 5.74) is 7.05. The molecule has 1 aromatic heterocycles. The number of aromatic nitrogens is 2. The van der Waals surface area contributed by atoms with Crippen LogP contribution in [0.4, 0.5) is 0 Å². The molecule has 5 nitrogen and oxygen atoms in total. The molecule has 0 aliphatic rings. The molecular formula is C11H20N4O. The molecule has 0 aromatic carbocycles. The highest BCUT2D eigenvalue weighted by molar-refractivity contribution is 5.74. The molecule has 0 unspecified atom stereocenters. The fraction of sp³-hybridized carbons (Fsp3) is 0.636. The van der Waals surface area contributed by atoms with Gasteiger partial charge in [0.25, 0.3) is 0 Å². The minimum Gasteiger partial charge on any atom is -0.370 e. The number of rotatable bonds is 5. The van der Waals surface area contributed by atoms with Crippen LogP contribution in [0.15, 0.2) is 6.20 Å². The molecule has 0 saturated heterocycles. The van der Waals surface area contributed by atoms with E-state index < -0.39 is 0 Å². The first-order chi connectivity index (χ1) is 7.30. The Bertz CT molecular complexity index is 381. The number of carbonyl (C=O) groups is 1. The number of hydrogen-bond donors (Lipinski definition) is 2. The Kier molecular flexibility index (Phi) is 3.70. The predicted octanol–water partition coefficient (Wildman–Crippen LogP) is 0.472. The molecule has 1 aromatic rings. The van der Waals surface area contributed by atoms with Crippen LogP contribution in [0.3, 0.4) is 0 Å². The number of hydrogen-bond acceptors (Lipinski definition) is 3. The minimum absolute atomic E-state index is 0.284. The van der Waals surface area contributed by atoms with E-state index in [1.807, 2.05) is 34.0 Å². The average molecular weight is 224 g/mol. The predicted molar refractivity (Wildman–Crippen MR) is 62.7 cm³/mol. The molecule has 5 heteroatoms. The third-order valence-corrected chi connectivity index (χ3v) is 2.49. The van der Waals surface area contributed by atoms with Crippen LogP contribution in [0.25, 0.3) is 0 Å². The third kappa shape index (κ3) is 3.66. The second-order valence-corrected chi connectivity index (χ2v) is 4.79. The first kappa shape index (κ1) is 12.7. The zero-order valence-corrected chi connectivity index (χ0v) is 10.4. The van der Waals surface area contributed by atoms with Gasteiger partial charge in [0.1, 0.15) is 0 Å². The highest BCUT2D eigenvalue weighted by atomic mass is 16.1. The fourth-order valence-electron chi connectivity index (χ4n) is 1.65. The highest BCUT2D eigenvalue weighted by Gasteiger charge is 2.20. The van der Waals surface area contributed by atoms with Gasteiger partial charge in [-0.1, -0.05) is 0 Å². The number of nitrogens with two attached hydrogens (primary N) is 1. The first-order valence-corrected chi connectivity index (χ1v) is 5.32. The Morgan fingerprint density at radius 3 is 2.69 bits per heavy atom. The molecule has 0 saturated carbocycles. The molecule has 0 aliphatic heterocycles. The second kappa shape index (κ2) is 4.65. The molecule has 0 atom stereocenters. The molecule has 1 amide bonds. The van der Waals surface area contributed by atoms with Crippen LogP contribution in [0, 0.1) is 6.92 Å². The Morgan fingerprint density at radius 1 is 1.62 bits per heavy atom. The van der Waals surface area contributed by atoms with Gasteiger partial charge in [-0.15, -0.1) is 0 Å². The average Bonchev–Trinajstić information content (AvgIpc) is 2.39. The number of amides is 1. The van der Waals surface area contributed by atoms with Crippen LogP contribution in [0.1, 0.15) is 31.5 Å². The van der Waals surface area contributed by atoms with Crippen molar-refractivity contribution in [1.29, 1.82) is 0 Å². The van der Waals surface area contributed by atoms with Crippen molar-refractivity contribution >= 4 is 5.91 Å². The number of carbonyl (C=O) groups excluding carboxylic acids is 1. The smallest absolute Gasteiger partial charge is 0.219 e. The van der Waals surface area contributed by atoms with Gasteiger partial charge in [-0.3, -0.25) is 9.48 Å². The van der Waals surface area contributed by atoms with E-state index >= 15 is 0 Å². The summed E-state index contributed by atoms with van der Waals surface area (Å²) in [6.07, 6.45) is 2.30. The Labute approximate surface area is 96.0 Å². The molecule has 90 valence electrons. The Balaban J connectivity index is 2.57. The molecule has 0 spiro atoms. The van der Waals surface area contributed by atoms with E-state index in [4.69, 9.17) is 5.73 Å². The first-order valence-electron chi connectivity index (χ1n) is 5.32. The molecule has 0 fully saturated rings. The van der Waals surface area contributed by atoms with Gasteiger partial charge in [0, 0.05) is 37.3 Å². The second-order valence-electron chi connectivity index (χ2n) is 4.79. The van der Waals surface area contributed by atoms with E-state index in [-0.39, 0.29) is 11.4 Å². The monoisotopic (exact) mass is 224 g/mol. The molecule has 3 N–H and O–H groups in total. The summed E-state index contributed by atoms with van der Waals surface area (Å²) in [4.78, 5) is 10.9. The standard InChI is InChI=1S/C11H20N4O/c1-8-9(7-15(4)14-8)6-13-11(2,3)5-10(12)16/h7,13H,5-6H2,1-4H3,(H2,12,16). The van der Waals surface area contributed by atoms with E-state index in [0.29, 0.717) is 13.0 Å². The van der Waals surface area contributed by atoms with Gasteiger partial charge in [-0.2, -0.15) is 5.10 Å². The van der Waals surface area contributed by atoms with Crippen molar-refractivity contribution in [2.45, 2.75) is 39.3 Å². The van der Waals surface area contributed by atoms with E-state index in [9.17, 15) is 4.79 Å². The van der Waals surface area contributed by atoms with E-state index in [1.165, 1.54) is 0 Å². The van der Waals surface area contributed by atoms with E-state index in [2.05, 4.69) is 10.4 Å². The quantitative estimate of drug-likeness (QED) is 0.763. The lowest BCUT2D eigenvalue weighted by Crippen LogP contribution is -2.42. The molecule has 1 rings (SSSR count). The normalized spacial score (nSPS) is 11.8. The Morgan fingerprint density at radius 2 is 2.25 bits per heavy atom. The van der Waals surface area contributed by atoms with Gasteiger partial charge in [-0.25, -0.2) is 0 Å². The summed E-state index contributed by atoms with van der Waals surface area (Å²) < 4.78 is 1.79. The zero-order chi connectivity index (χ0) is 12.3. The van der Waals surface area contributed by atoms with Crippen molar-refractivity contribution in [3.8, 4) is 0 Å². The number of nitrogens with one attached hydrogen (secondary N) is 1. The lowest BCUT2D eigenvalue weighted by molar-refractivity contribution is -0.119. The third-order valence-electron chi connectivity index (χ3n) is 2.49. The summed E-state index contributed by atoms with van der Waals surface area (Å²) in [5, 5.41) is 7.56. The lowest BCUT2D eigenvalue weighted by Gasteiger charge is -2.24. The number of aryl methyl sites for hydroxylation is 2. The summed E-state index contributed by atoms with van der Waals surface area (Å²) in [6, 6.07) is 0. The van der Waals surface area contributed by atoms with Gasteiger partial charge in [0.15, 0.2) is 0 Å². The molecule has 1 heterocycles. The van der Waals surface area contributed by atoms with Crippen LogP contribution in [-0.2, 0) is 18.4 Å². The van der Waals surface area contributed by atoms with Crippen LogP contribution in [-0.4, -0.2) is 21.2 Å². The largest absolute Gasteiger partial charge is 0.370 e. The van der Waals surface area contributed by atoms with Gasteiger partial charge in [-0.05, 0) is 20.8 Å². The van der Waals surface area contributed by atoms with Crippen LogP contribution in [0.5, 0.6) is 0 Å². The van der Waals surface area contributed by atoms with Gasteiger partial charge in [0.05, 0.1) is 5.69 Å². The highest BCUT2D eigenvalue weighted by Crippen LogP contribution is 2.11. The van der Waals surface area contributed by atoms with Gasteiger partial charge in [0.2, 0.25) is 5.91 Å². The van der Waals surface area contributed by atoms with Crippen molar-refractivity contribution in [1.82, 2.24) is 15.1 Å². The zero-order valence-electron chi connectivity index (χ0n) is 10.4. The van der Waals surface area contributed by atoms with Gasteiger partial charge >= 0.3 is 0 Å². The summed E-state index contributed by atoms with van der Waals surface area (Å²) in [6.45, 7) is 6.59. The Hall–Kier alpha value is -1.36. The molecule has 16 heavy (non-hydrogen) atoms. The molecular weight excluding hydrogens is 204 g/mol. The van der Waals surface area contributed by atoms with Crippen molar-refractivity contribution < 1.29 is 4.79 Å². The summed E-state index contributed by atoms with van der Waals surface area (Å²) in [7, 11) is 1.89. The van der Waals surface area contributed by atoms with E-state index in [0.717, 1.165) is 11.3 Å². The summed E-state index contributed by atoms with van der Waals surface area (Å²) >= 11 is 0. The van der Waals surface area contributed by atoms with Gasteiger partial charge < -0.3 is 11.1 Å². The van der Waals surface area contributed by atoms with Crippen molar-refractivity contribution in [2.75, 3.05) is 0 Å². The van der Waals surface area contributed by atoms with Crippen LogP contribution < -0.4 is 11.1 Å². The maximum absolute atomic E-state index is 10.9. The maximum Gasteiger partial charge on any atom is 0.219 e.